The molecule has 0 unspecified atom stereocenters. The summed E-state index contributed by atoms with van der Waals surface area (Å²) < 4.78 is 0. The zero-order chi connectivity index (χ0) is 7.07. The highest BCUT2D eigenvalue weighted by atomic mass is 15.5. The van der Waals surface area contributed by atoms with Crippen LogP contribution in [0.25, 0.3) is 0 Å². The van der Waals surface area contributed by atoms with Crippen molar-refractivity contribution in [3.8, 4) is 0 Å². The highest BCUT2D eigenvalue weighted by Gasteiger charge is 2.29. The van der Waals surface area contributed by atoms with E-state index in [-0.39, 0.29) is 0 Å². The monoisotopic (exact) mass is 128 g/mol. The first-order chi connectivity index (χ1) is 4.00. The van der Waals surface area contributed by atoms with Gasteiger partial charge in [-0.05, 0) is 27.8 Å². The Morgan fingerprint density at radius 3 is 1.67 bits per heavy atom. The molecule has 0 spiro atoms. The van der Waals surface area contributed by atoms with Crippen LogP contribution in [-0.2, 0) is 0 Å². The molecule has 2 heteroatoms. The van der Waals surface area contributed by atoms with Gasteiger partial charge in [-0.1, -0.05) is 0 Å². The van der Waals surface area contributed by atoms with Gasteiger partial charge in [-0.3, -0.25) is 9.80 Å². The predicted octanol–water partition coefficient (Wildman–Crippen LogP) is 0.947. The zero-order valence-electron chi connectivity index (χ0n) is 6.81. The largest absolute Gasteiger partial charge is 0.280 e. The van der Waals surface area contributed by atoms with Gasteiger partial charge >= 0.3 is 0 Å². The van der Waals surface area contributed by atoms with Gasteiger partial charge in [-0.15, -0.1) is 0 Å². The highest BCUT2D eigenvalue weighted by Crippen LogP contribution is 2.19. The third kappa shape index (κ3) is 1.43. The average molecular weight is 128 g/mol. The Balaban J connectivity index is 2.32. The molecule has 0 aromatic heterocycles. The molecule has 0 N–H and O–H groups in total. The molecule has 1 rings (SSSR count). The Morgan fingerprint density at radius 2 is 1.56 bits per heavy atom. The van der Waals surface area contributed by atoms with Crippen LogP contribution in [-0.4, -0.2) is 35.7 Å². The van der Waals surface area contributed by atoms with E-state index < -0.39 is 0 Å². The van der Waals surface area contributed by atoms with Crippen LogP contribution in [0.3, 0.4) is 0 Å². The summed E-state index contributed by atoms with van der Waals surface area (Å²) in [5, 5.41) is 0. The quantitative estimate of drug-likeness (QED) is 0.479. The fourth-order valence-corrected chi connectivity index (χ4v) is 0.966. The summed E-state index contributed by atoms with van der Waals surface area (Å²) in [5.41, 5.74) is 0.368. The van der Waals surface area contributed by atoms with Gasteiger partial charge in [0.25, 0.3) is 0 Å². The van der Waals surface area contributed by atoms with Crippen LogP contribution in [0.1, 0.15) is 20.8 Å². The molecular formula is C7H16N2. The van der Waals surface area contributed by atoms with Crippen LogP contribution >= 0.6 is 0 Å². The van der Waals surface area contributed by atoms with Crippen molar-refractivity contribution >= 4 is 0 Å². The topological polar surface area (TPSA) is 6.48 Å². The minimum absolute atomic E-state index is 0.368. The van der Waals surface area contributed by atoms with Crippen molar-refractivity contribution in [1.82, 2.24) is 9.80 Å². The molecule has 2 nitrogen and oxygen atoms in total. The Labute approximate surface area is 57.4 Å². The second-order valence-corrected chi connectivity index (χ2v) is 3.85. The molecule has 0 aromatic rings. The Kier molecular flexibility index (Phi) is 1.53. The number of hydrogen-bond acceptors (Lipinski definition) is 2. The molecule has 0 aliphatic carbocycles. The Bertz CT molecular complexity index is 98.0. The fourth-order valence-electron chi connectivity index (χ4n) is 0.966. The fraction of sp³-hybridized carbons (Fsp3) is 1.00. The van der Waals surface area contributed by atoms with Crippen LogP contribution in [0, 0.1) is 0 Å². The second kappa shape index (κ2) is 1.96. The third-order valence-corrected chi connectivity index (χ3v) is 1.77. The van der Waals surface area contributed by atoms with Gasteiger partial charge in [0.15, 0.2) is 0 Å². The van der Waals surface area contributed by atoms with Gasteiger partial charge in [0.1, 0.15) is 0 Å². The van der Waals surface area contributed by atoms with Crippen molar-refractivity contribution in [2.75, 3.05) is 20.4 Å². The molecule has 0 aromatic carbocycles. The Morgan fingerprint density at radius 1 is 1.11 bits per heavy atom. The minimum Gasteiger partial charge on any atom is -0.280 e. The van der Waals surface area contributed by atoms with E-state index in [1.807, 2.05) is 0 Å². The minimum atomic E-state index is 0.368. The molecule has 0 bridgehead atoms. The lowest BCUT2D eigenvalue weighted by Crippen LogP contribution is -2.60. The lowest BCUT2D eigenvalue weighted by atomic mass is 10.1. The lowest BCUT2D eigenvalue weighted by Gasteiger charge is -2.48. The van der Waals surface area contributed by atoms with Crippen molar-refractivity contribution in [3.63, 3.8) is 0 Å². The van der Waals surface area contributed by atoms with Crippen LogP contribution in [0.15, 0.2) is 0 Å². The summed E-state index contributed by atoms with van der Waals surface area (Å²) in [5.74, 6) is 0. The van der Waals surface area contributed by atoms with Crippen molar-refractivity contribution in [3.05, 3.63) is 0 Å². The molecule has 1 aliphatic rings. The number of nitrogens with zero attached hydrogens (tertiary/aromatic N) is 2. The van der Waals surface area contributed by atoms with E-state index in [0.29, 0.717) is 5.54 Å². The standard InChI is InChI=1S/C7H16N2/c1-7(2,3)9-5-8(4)6-9/h5-6H2,1-4H3. The molecular weight excluding hydrogens is 112 g/mol. The van der Waals surface area contributed by atoms with Crippen LogP contribution in [0.2, 0.25) is 0 Å². The van der Waals surface area contributed by atoms with Crippen LogP contribution in [0.5, 0.6) is 0 Å². The number of hydrogen-bond donors (Lipinski definition) is 0. The van der Waals surface area contributed by atoms with Gasteiger partial charge < -0.3 is 0 Å². The van der Waals surface area contributed by atoms with Gasteiger partial charge in [0.05, 0.1) is 13.3 Å². The Hall–Kier alpha value is -0.0800. The van der Waals surface area contributed by atoms with Crippen molar-refractivity contribution < 1.29 is 0 Å². The maximum Gasteiger partial charge on any atom is 0.0532 e. The smallest absolute Gasteiger partial charge is 0.0532 e. The van der Waals surface area contributed by atoms with E-state index in [4.69, 9.17) is 0 Å². The lowest BCUT2D eigenvalue weighted by molar-refractivity contribution is -0.0700. The van der Waals surface area contributed by atoms with E-state index in [1.54, 1.807) is 0 Å². The average Bonchev–Trinajstić information content (AvgIpc) is 1.55. The maximum absolute atomic E-state index is 2.44. The van der Waals surface area contributed by atoms with Crippen molar-refractivity contribution in [2.45, 2.75) is 26.3 Å². The highest BCUT2D eigenvalue weighted by molar-refractivity contribution is 4.80. The van der Waals surface area contributed by atoms with Crippen LogP contribution in [0.4, 0.5) is 0 Å². The van der Waals surface area contributed by atoms with Gasteiger partial charge in [-0.2, -0.15) is 0 Å². The molecule has 54 valence electrons. The van der Waals surface area contributed by atoms with Gasteiger partial charge in [0.2, 0.25) is 0 Å². The first-order valence-corrected chi connectivity index (χ1v) is 3.44. The summed E-state index contributed by atoms with van der Waals surface area (Å²) in [4.78, 5) is 4.73. The first-order valence-electron chi connectivity index (χ1n) is 3.44. The summed E-state index contributed by atoms with van der Waals surface area (Å²) in [6, 6.07) is 0. The predicted molar refractivity (Wildman–Crippen MR) is 39.1 cm³/mol. The maximum atomic E-state index is 2.44. The molecule has 1 aliphatic heterocycles. The van der Waals surface area contributed by atoms with E-state index in [0.717, 1.165) is 13.3 Å². The second-order valence-electron chi connectivity index (χ2n) is 3.85. The van der Waals surface area contributed by atoms with E-state index in [2.05, 4.69) is 37.6 Å². The molecule has 0 saturated carbocycles. The van der Waals surface area contributed by atoms with Crippen LogP contribution < -0.4 is 0 Å². The molecule has 0 amide bonds. The van der Waals surface area contributed by atoms with E-state index in [9.17, 15) is 0 Å². The molecule has 0 radical (unpaired) electrons. The summed E-state index contributed by atoms with van der Waals surface area (Å²) in [7, 11) is 2.14. The van der Waals surface area contributed by atoms with E-state index in [1.165, 1.54) is 0 Å². The van der Waals surface area contributed by atoms with Gasteiger partial charge in [-0.25, -0.2) is 0 Å². The molecule has 0 atom stereocenters. The van der Waals surface area contributed by atoms with Crippen molar-refractivity contribution in [1.29, 1.82) is 0 Å². The third-order valence-electron chi connectivity index (χ3n) is 1.77. The first kappa shape index (κ1) is 7.03. The molecule has 1 saturated heterocycles. The van der Waals surface area contributed by atoms with Gasteiger partial charge in [0, 0.05) is 5.54 Å². The number of rotatable bonds is 0. The summed E-state index contributed by atoms with van der Waals surface area (Å²) in [6.45, 7) is 9.01. The van der Waals surface area contributed by atoms with E-state index >= 15 is 0 Å². The molecule has 9 heavy (non-hydrogen) atoms. The molecule has 1 fully saturated rings. The SMILES string of the molecule is CN1CN(C(C)(C)C)C1. The van der Waals surface area contributed by atoms with Crippen molar-refractivity contribution in [2.24, 2.45) is 0 Å². The normalized spacial score (nSPS) is 24.0. The molecule has 1 heterocycles. The summed E-state index contributed by atoms with van der Waals surface area (Å²) >= 11 is 0. The summed E-state index contributed by atoms with van der Waals surface area (Å²) in [6.07, 6.45) is 0. The zero-order valence-corrected chi connectivity index (χ0v) is 6.81.